The van der Waals surface area contributed by atoms with Crippen LogP contribution in [0, 0.1) is 0 Å². The van der Waals surface area contributed by atoms with Gasteiger partial charge in [-0.15, -0.1) is 0 Å². The van der Waals surface area contributed by atoms with Gasteiger partial charge in [-0.2, -0.15) is 0 Å². The summed E-state index contributed by atoms with van der Waals surface area (Å²) < 4.78 is 90.5. The molecule has 16 heteroatoms. The third kappa shape index (κ3) is 16.2. The van der Waals surface area contributed by atoms with Crippen molar-refractivity contribution in [2.45, 2.75) is 249 Å². The third-order valence-corrected chi connectivity index (χ3v) is 24.6. The van der Waals surface area contributed by atoms with Gasteiger partial charge in [-0.25, -0.2) is 9.59 Å². The van der Waals surface area contributed by atoms with Gasteiger partial charge in [-0.3, -0.25) is 0 Å². The van der Waals surface area contributed by atoms with Gasteiger partial charge in [0.2, 0.25) is 0 Å². The molecule has 2 atom stereocenters. The molecule has 0 amide bonds. The number of carbonyl (C=O) groups excluding carboxylic acids is 2. The molecule has 0 saturated heterocycles. The Morgan fingerprint density at radius 3 is 0.684 bits per heavy atom. The number of benzene rings is 6. The van der Waals surface area contributed by atoms with E-state index in [1.807, 2.05) is 48.5 Å². The molecule has 0 spiro atoms. The van der Waals surface area contributed by atoms with Crippen LogP contribution in [0.2, 0.25) is 10.0 Å². The summed E-state index contributed by atoms with van der Waals surface area (Å²) >= 11 is 15.7. The Kier molecular flexibility index (Phi) is 23.9. The Labute approximate surface area is 598 Å². The van der Waals surface area contributed by atoms with Crippen LogP contribution in [-0.2, 0) is 71.5 Å². The number of hydrogen-bond acceptors (Lipinski definition) is 12. The maximum Gasteiger partial charge on any atom is 0.347 e. The molecule has 98 heavy (non-hydrogen) atoms. The quantitative estimate of drug-likeness (QED) is 0.0563. The van der Waals surface area contributed by atoms with E-state index in [-0.39, 0.29) is 56.5 Å². The first-order valence-electron chi connectivity index (χ1n) is 34.1. The Morgan fingerprint density at radius 2 is 0.531 bits per heavy atom. The van der Waals surface area contributed by atoms with E-state index in [0.717, 1.165) is 44.5 Å². The van der Waals surface area contributed by atoms with Crippen molar-refractivity contribution in [3.63, 3.8) is 0 Å². The van der Waals surface area contributed by atoms with E-state index in [4.69, 9.17) is 61.1 Å². The molecule has 0 N–H and O–H groups in total. The van der Waals surface area contributed by atoms with Gasteiger partial charge >= 0.3 is 11.9 Å². The highest BCUT2D eigenvalue weighted by Gasteiger charge is 2.47. The smallest absolute Gasteiger partial charge is 0.347 e. The number of methoxy groups -OCH3 is 4. The van der Waals surface area contributed by atoms with Gasteiger partial charge in [0, 0.05) is 87.5 Å². The van der Waals surface area contributed by atoms with Gasteiger partial charge in [0.1, 0.15) is 34.5 Å². The van der Waals surface area contributed by atoms with Crippen LogP contribution in [-0.4, -0.2) is 65.8 Å². The van der Waals surface area contributed by atoms with Crippen molar-refractivity contribution in [2.75, 3.05) is 41.7 Å². The van der Waals surface area contributed by atoms with E-state index < -0.39 is 81.8 Å². The normalized spacial score (nSPS) is 13.8. The van der Waals surface area contributed by atoms with Crippen LogP contribution in [0.25, 0.3) is 11.1 Å². The number of hydrogen-bond donors (Lipinski definition) is 0. The largest absolute Gasteiger partial charge is 0.496 e. The number of ether oxygens (including phenoxy) is 8. The first kappa shape index (κ1) is 81.1. The molecule has 6 aromatic carbocycles. The Morgan fingerprint density at radius 1 is 0.347 bits per heavy atom. The van der Waals surface area contributed by atoms with Crippen molar-refractivity contribution in [1.29, 1.82) is 0 Å². The summed E-state index contributed by atoms with van der Waals surface area (Å²) in [6.45, 7) is 56.9. The molecule has 12 nitrogen and oxygen atoms in total. The van der Waals surface area contributed by atoms with Crippen LogP contribution in [0.5, 0.6) is 34.5 Å². The molecular formula is C82H114Cl2O12P2. The predicted octanol–water partition coefficient (Wildman–Crippen LogP) is 19.0. The minimum absolute atomic E-state index is 0.0119. The fourth-order valence-electron chi connectivity index (χ4n) is 12.7. The van der Waals surface area contributed by atoms with Crippen molar-refractivity contribution < 1.29 is 56.6 Å². The first-order valence-corrected chi connectivity index (χ1v) is 38.3. The van der Waals surface area contributed by atoms with E-state index >= 15 is 9.13 Å². The summed E-state index contributed by atoms with van der Waals surface area (Å²) in [5, 5.41) is 1.82. The van der Waals surface area contributed by atoms with Crippen LogP contribution < -0.4 is 60.2 Å². The molecule has 0 saturated carbocycles. The van der Waals surface area contributed by atoms with Gasteiger partial charge in [-0.05, 0) is 144 Å². The van der Waals surface area contributed by atoms with Gasteiger partial charge in [0.05, 0.1) is 51.7 Å². The van der Waals surface area contributed by atoms with Crippen molar-refractivity contribution in [2.24, 2.45) is 0 Å². The highest BCUT2D eigenvalue weighted by molar-refractivity contribution is 7.86. The van der Waals surface area contributed by atoms with Gasteiger partial charge in [0.25, 0.3) is 0 Å². The Hall–Kier alpha value is -5.90. The summed E-state index contributed by atoms with van der Waals surface area (Å²) in [7, 11) is -2.74. The molecule has 0 heterocycles. The van der Waals surface area contributed by atoms with E-state index in [1.165, 1.54) is 0 Å². The van der Waals surface area contributed by atoms with Crippen LogP contribution >= 0.6 is 37.5 Å². The molecular weight excluding hydrogens is 1310 g/mol. The van der Waals surface area contributed by atoms with Crippen LogP contribution in [0.3, 0.4) is 0 Å². The maximum atomic E-state index is 19.5. The molecule has 0 fully saturated rings. The number of esters is 2. The fourth-order valence-corrected chi connectivity index (χ4v) is 18.9. The second-order valence-electron chi connectivity index (χ2n) is 34.1. The Bertz CT molecular complexity index is 3510. The molecule has 0 aliphatic carbocycles. The van der Waals surface area contributed by atoms with E-state index in [1.54, 1.807) is 80.4 Å². The molecule has 0 aliphatic heterocycles. The fraction of sp³-hybridized carbons (Fsp3) is 0.537. The standard InChI is InChI=1S/C82H114Cl2O12P2/c1-33-93-73(85)47(3)95-71-61(83)35-37-63(97(87,49-39-53(75(5,6)7)67(89-29)54(40-49)76(8,9)10)50-41-55(77(11,12)13)68(90-30)56(42-50)78(14,15)16)65(71)66-64(38-36-62(84)72(66)96-48(4)74(86)94-34-2)98(88,51-43-57(79(17,18)19)69(91-31)58(44-51)80(20,21)22)52-45-59(81(23,24)25)70(92-32)60(46-52)82(26,27)28/h35-48H,33-34H2,1-32H3. The highest BCUT2D eigenvalue weighted by atomic mass is 35.5. The molecule has 0 radical (unpaired) electrons. The number of rotatable bonds is 19. The molecule has 0 bridgehead atoms. The summed E-state index contributed by atoms with van der Waals surface area (Å²) in [5.41, 5.74) is 1.31. The van der Waals surface area contributed by atoms with Gasteiger partial charge < -0.3 is 47.0 Å². The van der Waals surface area contributed by atoms with Crippen molar-refractivity contribution in [1.82, 2.24) is 0 Å². The average Bonchev–Trinajstić information content (AvgIpc) is 0.706. The molecule has 6 aromatic rings. The van der Waals surface area contributed by atoms with Crippen molar-refractivity contribution >= 4 is 81.3 Å². The molecule has 538 valence electrons. The van der Waals surface area contributed by atoms with Gasteiger partial charge in [0.15, 0.2) is 26.5 Å². The summed E-state index contributed by atoms with van der Waals surface area (Å²) in [6, 6.07) is 22.6. The van der Waals surface area contributed by atoms with E-state index in [0.29, 0.717) is 44.2 Å². The average molecular weight is 1420 g/mol. The third-order valence-electron chi connectivity index (χ3n) is 18.0. The van der Waals surface area contributed by atoms with Crippen LogP contribution in [0.15, 0.2) is 72.8 Å². The zero-order valence-corrected chi connectivity index (χ0v) is 68.3. The SMILES string of the molecule is CCOC(=O)C(C)Oc1c(Cl)ccc(P(=O)(c2cc(C(C)(C)C)c(OC)c(C(C)(C)C)c2)c2cc(C(C)(C)C)c(OC)c(C(C)(C)C)c2)c1-c1c(P(=O)(c2cc(C(C)(C)C)c(OC)c(C(C)(C)C)c2)c2cc(C(C)(C)C)c(OC)c(C(C)(C)C)c2)ccc(Cl)c1OC(C)C(=O)OCC. The van der Waals surface area contributed by atoms with E-state index in [9.17, 15) is 9.59 Å². The highest BCUT2D eigenvalue weighted by Crippen LogP contribution is 2.59. The lowest BCUT2D eigenvalue weighted by Crippen LogP contribution is -2.35. The van der Waals surface area contributed by atoms with E-state index in [2.05, 4.69) is 166 Å². The molecule has 0 aromatic heterocycles. The minimum atomic E-state index is -4.69. The maximum absolute atomic E-state index is 19.5. The lowest BCUT2D eigenvalue weighted by molar-refractivity contribution is -0.151. The van der Waals surface area contributed by atoms with Crippen LogP contribution in [0.1, 0.15) is 238 Å². The first-order chi connectivity index (χ1) is 44.7. The topological polar surface area (TPSA) is 142 Å². The van der Waals surface area contributed by atoms with Crippen molar-refractivity contribution in [3.8, 4) is 45.6 Å². The monoisotopic (exact) mass is 1420 g/mol. The van der Waals surface area contributed by atoms with Crippen LogP contribution in [0.4, 0.5) is 0 Å². The molecule has 6 rings (SSSR count). The zero-order valence-electron chi connectivity index (χ0n) is 65.0. The summed E-state index contributed by atoms with van der Waals surface area (Å²) in [5.74, 6) is 0.816. The lowest BCUT2D eigenvalue weighted by atomic mass is 9.79. The zero-order chi connectivity index (χ0) is 74.7. The summed E-state index contributed by atoms with van der Waals surface area (Å²) in [6.07, 6.45) is -2.76. The number of carbonyl (C=O) groups is 2. The van der Waals surface area contributed by atoms with Gasteiger partial charge in [-0.1, -0.05) is 189 Å². The number of halogens is 2. The molecule has 2 unspecified atom stereocenters. The lowest BCUT2D eigenvalue weighted by Gasteiger charge is -2.36. The van der Waals surface area contributed by atoms with Crippen molar-refractivity contribution in [3.05, 3.63) is 127 Å². The summed E-state index contributed by atoms with van der Waals surface area (Å²) in [4.78, 5) is 28.8. The minimum Gasteiger partial charge on any atom is -0.496 e. The second-order valence-corrected chi connectivity index (χ2v) is 40.4. The second kappa shape index (κ2) is 28.9. The predicted molar refractivity (Wildman–Crippen MR) is 410 cm³/mol. The Balaban J connectivity index is 2.25. The molecule has 0 aliphatic rings.